The molecule has 0 aliphatic carbocycles. The minimum atomic E-state index is -0.265. The number of pyridine rings is 1. The molecule has 2 aromatic carbocycles. The fourth-order valence-corrected chi connectivity index (χ4v) is 4.28. The van der Waals surface area contributed by atoms with Crippen LogP contribution in [-0.4, -0.2) is 32.8 Å². The summed E-state index contributed by atoms with van der Waals surface area (Å²) in [6.07, 6.45) is 5.44. The van der Waals surface area contributed by atoms with E-state index in [4.69, 9.17) is 4.74 Å². The third-order valence-electron chi connectivity index (χ3n) is 5.14. The van der Waals surface area contributed by atoms with Crippen LogP contribution >= 0.6 is 11.3 Å². The maximum atomic E-state index is 12.8. The van der Waals surface area contributed by atoms with E-state index in [1.54, 1.807) is 31.6 Å². The summed E-state index contributed by atoms with van der Waals surface area (Å²) < 4.78 is 7.75. The van der Waals surface area contributed by atoms with Crippen molar-refractivity contribution in [3.8, 4) is 16.3 Å². The Bertz CT molecular complexity index is 1390. The molecule has 8 heteroatoms. The maximum absolute atomic E-state index is 12.8. The van der Waals surface area contributed by atoms with Crippen LogP contribution in [0.3, 0.4) is 0 Å². The third kappa shape index (κ3) is 3.95. The lowest BCUT2D eigenvalue weighted by Crippen LogP contribution is -2.12. The normalized spacial score (nSPS) is 10.9. The molecule has 3 aromatic heterocycles. The summed E-state index contributed by atoms with van der Waals surface area (Å²) in [7, 11) is 1.61. The molecule has 0 radical (unpaired) electrons. The van der Waals surface area contributed by atoms with E-state index in [1.807, 2.05) is 30.3 Å². The Hall–Kier alpha value is -4.04. The van der Waals surface area contributed by atoms with Crippen molar-refractivity contribution in [3.63, 3.8) is 0 Å². The first kappa shape index (κ1) is 19.9. The van der Waals surface area contributed by atoms with E-state index >= 15 is 0 Å². The number of nitrogens with zero attached hydrogens (tertiary/aromatic N) is 4. The Morgan fingerprint density at radius 1 is 1.06 bits per heavy atom. The van der Waals surface area contributed by atoms with Crippen molar-refractivity contribution in [1.29, 1.82) is 0 Å². The number of hydrogen-bond donors (Lipinski definition) is 1. The summed E-state index contributed by atoms with van der Waals surface area (Å²) >= 11 is 1.31. The van der Waals surface area contributed by atoms with Gasteiger partial charge in [-0.25, -0.2) is 0 Å². The van der Waals surface area contributed by atoms with Crippen molar-refractivity contribution in [2.45, 2.75) is 6.54 Å². The van der Waals surface area contributed by atoms with Crippen LogP contribution < -0.4 is 10.1 Å². The Kier molecular flexibility index (Phi) is 5.35. The lowest BCUT2D eigenvalue weighted by atomic mass is 10.1. The molecule has 0 atom stereocenters. The quantitative estimate of drug-likeness (QED) is 0.407. The highest BCUT2D eigenvalue weighted by Gasteiger charge is 2.14. The number of carbonyl (C=O) groups is 1. The molecule has 3 heterocycles. The Labute approximate surface area is 188 Å². The van der Waals surface area contributed by atoms with Gasteiger partial charge in [0.1, 0.15) is 10.8 Å². The molecule has 158 valence electrons. The highest BCUT2D eigenvalue weighted by Crippen LogP contribution is 2.27. The Morgan fingerprint density at radius 2 is 1.91 bits per heavy atom. The molecular weight excluding hydrogens is 422 g/mol. The fraction of sp³-hybridized carbons (Fsp3) is 0.0833. The van der Waals surface area contributed by atoms with E-state index in [9.17, 15) is 4.79 Å². The van der Waals surface area contributed by atoms with Gasteiger partial charge in [0.25, 0.3) is 5.91 Å². The molecule has 0 unspecified atom stereocenters. The van der Waals surface area contributed by atoms with Gasteiger partial charge in [0.2, 0.25) is 5.13 Å². The summed E-state index contributed by atoms with van der Waals surface area (Å²) in [5, 5.41) is 13.4. The van der Waals surface area contributed by atoms with Crippen LogP contribution in [0.15, 0.2) is 79.3 Å². The smallest absolute Gasteiger partial charge is 0.257 e. The molecule has 0 fully saturated rings. The maximum Gasteiger partial charge on any atom is 0.257 e. The van der Waals surface area contributed by atoms with Gasteiger partial charge < -0.3 is 9.30 Å². The molecule has 5 aromatic rings. The van der Waals surface area contributed by atoms with Crippen LogP contribution in [0.2, 0.25) is 0 Å². The number of anilines is 1. The number of methoxy groups -OCH3 is 1. The van der Waals surface area contributed by atoms with Gasteiger partial charge in [0, 0.05) is 40.8 Å². The van der Waals surface area contributed by atoms with E-state index in [-0.39, 0.29) is 5.91 Å². The fourth-order valence-electron chi connectivity index (χ4n) is 3.53. The van der Waals surface area contributed by atoms with E-state index in [2.05, 4.69) is 49.5 Å². The first-order chi connectivity index (χ1) is 15.7. The molecule has 0 saturated carbocycles. The zero-order valence-electron chi connectivity index (χ0n) is 17.2. The van der Waals surface area contributed by atoms with Crippen molar-refractivity contribution < 1.29 is 9.53 Å². The first-order valence-electron chi connectivity index (χ1n) is 9.97. The van der Waals surface area contributed by atoms with Gasteiger partial charge in [0.05, 0.1) is 13.7 Å². The topological polar surface area (TPSA) is 81.9 Å². The summed E-state index contributed by atoms with van der Waals surface area (Å²) in [6, 6.07) is 19.5. The number of amides is 1. The molecule has 0 spiro atoms. The van der Waals surface area contributed by atoms with Gasteiger partial charge in [-0.1, -0.05) is 35.6 Å². The van der Waals surface area contributed by atoms with Crippen LogP contribution in [0.5, 0.6) is 5.75 Å². The SMILES string of the molecule is COc1cc(C(=O)Nc2nnc(-c3ccncc3)s2)ccc1Cn1ccc2ccccc21. The molecule has 0 saturated heterocycles. The first-order valence-corrected chi connectivity index (χ1v) is 10.8. The van der Waals surface area contributed by atoms with Gasteiger partial charge in [-0.3, -0.25) is 15.1 Å². The molecular formula is C24H19N5O2S. The van der Waals surface area contributed by atoms with Crippen LogP contribution in [0.25, 0.3) is 21.5 Å². The van der Waals surface area contributed by atoms with Gasteiger partial charge >= 0.3 is 0 Å². The van der Waals surface area contributed by atoms with E-state index in [0.717, 1.165) is 21.7 Å². The predicted octanol–water partition coefficient (Wildman–Crippen LogP) is 4.86. The van der Waals surface area contributed by atoms with Crippen LogP contribution in [0, 0.1) is 0 Å². The van der Waals surface area contributed by atoms with E-state index in [1.165, 1.54) is 16.7 Å². The number of benzene rings is 2. The van der Waals surface area contributed by atoms with Gasteiger partial charge in [0.15, 0.2) is 0 Å². The molecule has 1 amide bonds. The summed E-state index contributed by atoms with van der Waals surface area (Å²) in [5.41, 5.74) is 3.53. The predicted molar refractivity (Wildman–Crippen MR) is 125 cm³/mol. The van der Waals surface area contributed by atoms with Gasteiger partial charge in [-0.05, 0) is 41.8 Å². The number of nitrogens with one attached hydrogen (secondary N) is 1. The largest absolute Gasteiger partial charge is 0.496 e. The monoisotopic (exact) mass is 441 g/mol. The Morgan fingerprint density at radius 3 is 2.75 bits per heavy atom. The van der Waals surface area contributed by atoms with Crippen molar-refractivity contribution >= 4 is 33.3 Å². The lowest BCUT2D eigenvalue weighted by molar-refractivity contribution is 0.102. The number of aromatic nitrogens is 4. The standard InChI is InChI=1S/C24H19N5O2S/c1-31-21-14-18(6-7-19(21)15-29-13-10-16-4-2-3-5-20(16)29)22(30)26-24-28-27-23(32-24)17-8-11-25-12-9-17/h2-14H,15H2,1H3,(H,26,28,30). The number of hydrogen-bond acceptors (Lipinski definition) is 6. The van der Waals surface area contributed by atoms with Crippen molar-refractivity contribution in [2.75, 3.05) is 12.4 Å². The van der Waals surface area contributed by atoms with Gasteiger partial charge in [-0.2, -0.15) is 0 Å². The number of rotatable bonds is 6. The summed E-state index contributed by atoms with van der Waals surface area (Å²) in [5.74, 6) is 0.392. The molecule has 1 N–H and O–H groups in total. The van der Waals surface area contributed by atoms with Gasteiger partial charge in [-0.15, -0.1) is 10.2 Å². The van der Waals surface area contributed by atoms with E-state index < -0.39 is 0 Å². The lowest BCUT2D eigenvalue weighted by Gasteiger charge is -2.12. The Balaban J connectivity index is 1.34. The van der Waals surface area contributed by atoms with Crippen LogP contribution in [0.1, 0.15) is 15.9 Å². The second-order valence-electron chi connectivity index (χ2n) is 7.13. The third-order valence-corrected chi connectivity index (χ3v) is 6.03. The summed E-state index contributed by atoms with van der Waals surface area (Å²) in [4.78, 5) is 16.8. The van der Waals surface area contributed by atoms with Crippen molar-refractivity contribution in [1.82, 2.24) is 19.7 Å². The highest BCUT2D eigenvalue weighted by atomic mass is 32.1. The molecule has 0 aliphatic rings. The second kappa shape index (κ2) is 8.60. The van der Waals surface area contributed by atoms with Crippen LogP contribution in [0.4, 0.5) is 5.13 Å². The number of para-hydroxylation sites is 1. The number of fused-ring (bicyclic) bond motifs is 1. The zero-order chi connectivity index (χ0) is 21.9. The average Bonchev–Trinajstić information content (AvgIpc) is 3.47. The highest BCUT2D eigenvalue weighted by molar-refractivity contribution is 7.18. The molecule has 0 aliphatic heterocycles. The van der Waals surface area contributed by atoms with Crippen LogP contribution in [-0.2, 0) is 6.54 Å². The van der Waals surface area contributed by atoms with E-state index in [0.29, 0.717) is 23.0 Å². The van der Waals surface area contributed by atoms with Crippen molar-refractivity contribution in [3.05, 3.63) is 90.4 Å². The minimum Gasteiger partial charge on any atom is -0.496 e. The minimum absolute atomic E-state index is 0.265. The average molecular weight is 442 g/mol. The second-order valence-corrected chi connectivity index (χ2v) is 8.11. The molecule has 0 bridgehead atoms. The summed E-state index contributed by atoms with van der Waals surface area (Å²) in [6.45, 7) is 0.643. The number of carbonyl (C=O) groups excluding carboxylic acids is 1. The molecule has 5 rings (SSSR count). The molecule has 7 nitrogen and oxygen atoms in total. The zero-order valence-corrected chi connectivity index (χ0v) is 18.0. The molecule has 32 heavy (non-hydrogen) atoms. The van der Waals surface area contributed by atoms with Crippen molar-refractivity contribution in [2.24, 2.45) is 0 Å². The number of ether oxygens (including phenoxy) is 1.